The molecule has 2 N–H and O–H groups in total. The van der Waals surface area contributed by atoms with Crippen molar-refractivity contribution in [3.8, 4) is 5.75 Å². The first-order valence-corrected chi connectivity index (χ1v) is 19.8. The molecule has 7 aliphatic rings. The molecule has 2 aliphatic heterocycles. The molecule has 48 heavy (non-hydrogen) atoms. The molecule has 5 aliphatic carbocycles. The molecule has 1 amide bonds. The van der Waals surface area contributed by atoms with Crippen molar-refractivity contribution >= 4 is 32.6 Å². The molecular formula is C39H47N3O5S. The van der Waals surface area contributed by atoms with Crippen LogP contribution in [-0.2, 0) is 26.2 Å². The number of benzene rings is 1. The Kier molecular flexibility index (Phi) is 6.86. The van der Waals surface area contributed by atoms with E-state index in [0.29, 0.717) is 30.2 Å². The van der Waals surface area contributed by atoms with Crippen LogP contribution < -0.4 is 14.8 Å². The Morgan fingerprint density at radius 2 is 1.79 bits per heavy atom. The average Bonchev–Trinajstić information content (AvgIpc) is 3.54. The number of Topliss-reactive ketones (excluding diaryl/α,β-unsaturated/α-hetero) is 1. The van der Waals surface area contributed by atoms with Crippen LogP contribution in [0.5, 0.6) is 5.75 Å². The summed E-state index contributed by atoms with van der Waals surface area (Å²) in [7, 11) is -2.08. The molecule has 0 spiro atoms. The van der Waals surface area contributed by atoms with Gasteiger partial charge < -0.3 is 14.6 Å². The number of ketones is 1. The average molecular weight is 670 g/mol. The lowest BCUT2D eigenvalue weighted by atomic mass is 9.53. The number of hydrogen-bond acceptors (Lipinski definition) is 6. The van der Waals surface area contributed by atoms with Gasteiger partial charge in [-0.25, -0.2) is 13.1 Å². The van der Waals surface area contributed by atoms with Gasteiger partial charge in [0.05, 0.1) is 23.4 Å². The molecule has 3 unspecified atom stereocenters. The summed E-state index contributed by atoms with van der Waals surface area (Å²) >= 11 is 0. The highest BCUT2D eigenvalue weighted by Gasteiger charge is 2.67. The van der Waals surface area contributed by atoms with Crippen molar-refractivity contribution in [2.75, 3.05) is 20.2 Å². The smallest absolute Gasteiger partial charge is 0.265 e. The van der Waals surface area contributed by atoms with E-state index in [1.165, 1.54) is 37.7 Å². The lowest BCUT2D eigenvalue weighted by Gasteiger charge is -2.50. The van der Waals surface area contributed by atoms with Crippen molar-refractivity contribution in [2.24, 2.45) is 22.7 Å². The highest BCUT2D eigenvalue weighted by atomic mass is 32.2. The summed E-state index contributed by atoms with van der Waals surface area (Å²) in [6.45, 7) is 5.69. The van der Waals surface area contributed by atoms with Gasteiger partial charge in [0.2, 0.25) is 10.0 Å². The number of carbonyl (C=O) groups excluding carboxylic acids is 2. The maximum atomic E-state index is 14.9. The van der Waals surface area contributed by atoms with Gasteiger partial charge in [-0.05, 0) is 110 Å². The molecule has 9 rings (SSSR count). The van der Waals surface area contributed by atoms with Gasteiger partial charge in [-0.1, -0.05) is 37.5 Å². The molecule has 9 heteroatoms. The normalized spacial score (nSPS) is 32.3. The van der Waals surface area contributed by atoms with E-state index in [4.69, 9.17) is 4.74 Å². The third kappa shape index (κ3) is 4.25. The number of methoxy groups -OCH3 is 1. The highest BCUT2D eigenvalue weighted by Crippen LogP contribution is 2.70. The maximum Gasteiger partial charge on any atom is 0.265 e. The lowest BCUT2D eigenvalue weighted by Crippen LogP contribution is -2.45. The molecule has 3 heterocycles. The van der Waals surface area contributed by atoms with Gasteiger partial charge in [-0.3, -0.25) is 9.59 Å². The number of nitrogens with one attached hydrogen (secondary N) is 2. The number of sulfonamides is 1. The summed E-state index contributed by atoms with van der Waals surface area (Å²) < 4.78 is 36.3. The highest BCUT2D eigenvalue weighted by molar-refractivity contribution is 7.90. The Balaban J connectivity index is 1.19. The number of nitrogens with zero attached hydrogens (tertiary/aromatic N) is 1. The van der Waals surface area contributed by atoms with Gasteiger partial charge in [0.1, 0.15) is 11.5 Å². The lowest BCUT2D eigenvalue weighted by molar-refractivity contribution is -0.127. The fourth-order valence-electron chi connectivity index (χ4n) is 11.1. The van der Waals surface area contributed by atoms with E-state index < -0.39 is 21.2 Å². The zero-order valence-electron chi connectivity index (χ0n) is 28.4. The Morgan fingerprint density at radius 1 is 1.06 bits per heavy atom. The van der Waals surface area contributed by atoms with Crippen LogP contribution in [0, 0.1) is 22.7 Å². The molecule has 1 aromatic carbocycles. The van der Waals surface area contributed by atoms with Crippen LogP contribution in [0.15, 0.2) is 52.6 Å². The largest absolute Gasteiger partial charge is 0.496 e. The summed E-state index contributed by atoms with van der Waals surface area (Å²) in [6.07, 6.45) is 15.3. The van der Waals surface area contributed by atoms with Crippen molar-refractivity contribution in [3.05, 3.63) is 63.9 Å². The zero-order valence-corrected chi connectivity index (χ0v) is 29.2. The van der Waals surface area contributed by atoms with Gasteiger partial charge in [0, 0.05) is 48.5 Å². The zero-order chi connectivity index (χ0) is 33.2. The van der Waals surface area contributed by atoms with Crippen LogP contribution in [0.4, 0.5) is 0 Å². The number of ether oxygens (including phenoxy) is 1. The van der Waals surface area contributed by atoms with E-state index in [2.05, 4.69) is 45.0 Å². The van der Waals surface area contributed by atoms with Crippen LogP contribution in [0.1, 0.15) is 101 Å². The molecule has 4 fully saturated rings. The number of amides is 1. The van der Waals surface area contributed by atoms with E-state index in [-0.39, 0.29) is 28.6 Å². The first-order valence-electron chi connectivity index (χ1n) is 18.2. The number of aromatic nitrogens is 1. The van der Waals surface area contributed by atoms with Crippen molar-refractivity contribution in [1.82, 2.24) is 14.6 Å². The fraction of sp³-hybridized carbons (Fsp3) is 0.590. The number of allylic oxidation sites excluding steroid dienone is 4. The van der Waals surface area contributed by atoms with Gasteiger partial charge in [-0.2, -0.15) is 0 Å². The quantitative estimate of drug-likeness (QED) is 0.365. The van der Waals surface area contributed by atoms with E-state index >= 15 is 0 Å². The summed E-state index contributed by atoms with van der Waals surface area (Å²) in [4.78, 5) is 28.6. The van der Waals surface area contributed by atoms with E-state index in [1.54, 1.807) is 21.0 Å². The molecule has 1 aromatic heterocycles. The molecule has 4 atom stereocenters. The van der Waals surface area contributed by atoms with Gasteiger partial charge in [-0.15, -0.1) is 0 Å². The van der Waals surface area contributed by atoms with Crippen LogP contribution in [0.2, 0.25) is 0 Å². The molecule has 1 saturated heterocycles. The summed E-state index contributed by atoms with van der Waals surface area (Å²) in [5, 5.41) is 3.99. The third-order valence-electron chi connectivity index (χ3n) is 13.7. The first-order chi connectivity index (χ1) is 23.1. The molecule has 0 bridgehead atoms. The molecule has 3 saturated carbocycles. The van der Waals surface area contributed by atoms with E-state index in [0.717, 1.165) is 77.8 Å². The standard InChI is InChI=1S/C39H47N3O5S/c1-22(2)48(45,46)41-37(44)34-29-19-42-30(16-28-31(47-3)13-12-25(35(28)42)23-8-5-4-6-9-23)32-26(33(29)34)10-7-11-27(32)36(43)24-17-38-14-15-39(38,18-24)21-40-20-38/h7,10,12-13,16,22-24,27,32,40H,4-6,8-9,11,14-15,17-21H2,1-3H3,(H,41,44)/t24?,27-,32?,38?,39?/m1/s1. The number of carbonyl (C=O) groups is 2. The van der Waals surface area contributed by atoms with Crippen molar-refractivity contribution < 1.29 is 22.7 Å². The summed E-state index contributed by atoms with van der Waals surface area (Å²) in [5.41, 5.74) is 7.33. The second kappa shape index (κ2) is 10.7. The molecule has 2 aromatic rings. The first kappa shape index (κ1) is 30.9. The topological polar surface area (TPSA) is 106 Å². The third-order valence-corrected chi connectivity index (χ3v) is 15.5. The molecule has 8 nitrogen and oxygen atoms in total. The predicted molar refractivity (Wildman–Crippen MR) is 185 cm³/mol. The Morgan fingerprint density at radius 3 is 2.46 bits per heavy atom. The maximum absolute atomic E-state index is 14.9. The Bertz CT molecular complexity index is 1960. The molecule has 0 radical (unpaired) electrons. The van der Waals surface area contributed by atoms with Crippen LogP contribution in [0.25, 0.3) is 10.9 Å². The number of hydrogen-bond donors (Lipinski definition) is 2. The number of rotatable bonds is 7. The van der Waals surface area contributed by atoms with Crippen LogP contribution in [-0.4, -0.2) is 50.1 Å². The van der Waals surface area contributed by atoms with Crippen LogP contribution in [0.3, 0.4) is 0 Å². The minimum atomic E-state index is -3.80. The SMILES string of the molecule is COc1ccc(C2CCCCC2)c2c1cc1n2CC2=C(C(=O)NS(=O)(=O)C(C)C)C2=C2C=CC[C@@H](C(=O)C3CC45CCC4(CNC5)C3)C21. The summed E-state index contributed by atoms with van der Waals surface area (Å²) in [6, 6.07) is 6.61. The van der Waals surface area contributed by atoms with Gasteiger partial charge in [0.25, 0.3) is 5.91 Å². The summed E-state index contributed by atoms with van der Waals surface area (Å²) in [5.74, 6) is 0.668. The van der Waals surface area contributed by atoms with Crippen molar-refractivity contribution in [1.29, 1.82) is 0 Å². The molecule has 254 valence electrons. The van der Waals surface area contributed by atoms with Crippen LogP contribution >= 0.6 is 0 Å². The second-order valence-corrected chi connectivity index (χ2v) is 18.4. The Hall–Kier alpha value is -3.17. The minimum absolute atomic E-state index is 0.0522. The van der Waals surface area contributed by atoms with E-state index in [9.17, 15) is 18.0 Å². The second-order valence-electron chi connectivity index (χ2n) is 16.2. The monoisotopic (exact) mass is 669 g/mol. The van der Waals surface area contributed by atoms with Crippen molar-refractivity contribution in [3.63, 3.8) is 0 Å². The predicted octanol–water partition coefficient (Wildman–Crippen LogP) is 6.18. The van der Waals surface area contributed by atoms with Crippen molar-refractivity contribution in [2.45, 2.75) is 102 Å². The minimum Gasteiger partial charge on any atom is -0.496 e. The van der Waals surface area contributed by atoms with Gasteiger partial charge in [0.15, 0.2) is 0 Å². The number of fused-ring (bicyclic) bond motifs is 6. The van der Waals surface area contributed by atoms with E-state index in [1.807, 2.05) is 0 Å². The fourth-order valence-corrected chi connectivity index (χ4v) is 11.7. The Labute approximate surface area is 283 Å². The van der Waals surface area contributed by atoms with Gasteiger partial charge >= 0.3 is 0 Å². The molecular weight excluding hydrogens is 623 g/mol.